The highest BCUT2D eigenvalue weighted by molar-refractivity contribution is 7.89. The fourth-order valence-corrected chi connectivity index (χ4v) is 3.73. The van der Waals surface area contributed by atoms with Gasteiger partial charge in [0.2, 0.25) is 15.9 Å². The van der Waals surface area contributed by atoms with Gasteiger partial charge in [0.15, 0.2) is 0 Å². The van der Waals surface area contributed by atoms with E-state index in [1.165, 1.54) is 18.2 Å². The molecule has 1 aliphatic heterocycles. The van der Waals surface area contributed by atoms with Crippen LogP contribution >= 0.6 is 11.6 Å². The first-order valence-corrected chi connectivity index (χ1v) is 10.7. The highest BCUT2D eigenvalue weighted by Crippen LogP contribution is 2.18. The molecule has 1 fully saturated rings. The summed E-state index contributed by atoms with van der Waals surface area (Å²) < 4.78 is 22.9. The van der Waals surface area contributed by atoms with E-state index in [4.69, 9.17) is 16.7 Å². The van der Waals surface area contributed by atoms with Crippen molar-refractivity contribution in [1.29, 1.82) is 0 Å². The van der Waals surface area contributed by atoms with Crippen molar-refractivity contribution >= 4 is 39.0 Å². The lowest BCUT2D eigenvalue weighted by Gasteiger charge is -2.38. The molecule has 1 unspecified atom stereocenters. The minimum atomic E-state index is -3.82. The van der Waals surface area contributed by atoms with Crippen molar-refractivity contribution in [2.45, 2.75) is 17.9 Å². The number of amides is 1. The Morgan fingerprint density at radius 1 is 1.21 bits per heavy atom. The predicted octanol–water partition coefficient (Wildman–Crippen LogP) is 1.53. The second-order valence-corrected chi connectivity index (χ2v) is 8.59. The molecule has 0 spiro atoms. The van der Waals surface area contributed by atoms with E-state index in [0.29, 0.717) is 23.8 Å². The molecule has 3 rings (SSSR count). The van der Waals surface area contributed by atoms with Crippen molar-refractivity contribution in [1.82, 2.24) is 9.88 Å². The average molecular weight is 424 g/mol. The van der Waals surface area contributed by atoms with Crippen LogP contribution in [0.4, 0.5) is 11.5 Å². The molecule has 1 aliphatic rings. The zero-order chi connectivity index (χ0) is 20.3. The van der Waals surface area contributed by atoms with Crippen LogP contribution in [0.25, 0.3) is 0 Å². The maximum Gasteiger partial charge on any atom is 0.241 e. The molecule has 1 atom stereocenters. The Labute approximate surface area is 169 Å². The SMILES string of the molecule is CC(C(=O)Nc1cccc(S(N)(=O)=O)c1)N1CCN(c2ccc(Cl)cn2)CC1. The molecule has 10 heteroatoms. The number of rotatable bonds is 5. The number of carbonyl (C=O) groups is 1. The Hall–Kier alpha value is -2.20. The fourth-order valence-electron chi connectivity index (χ4n) is 3.06. The normalized spacial score (nSPS) is 16.6. The summed E-state index contributed by atoms with van der Waals surface area (Å²) >= 11 is 5.88. The van der Waals surface area contributed by atoms with Gasteiger partial charge in [0, 0.05) is 38.1 Å². The van der Waals surface area contributed by atoms with Crippen LogP contribution < -0.4 is 15.4 Å². The van der Waals surface area contributed by atoms with Crippen molar-refractivity contribution in [2.75, 3.05) is 36.4 Å². The second-order valence-electron chi connectivity index (χ2n) is 6.60. The summed E-state index contributed by atoms with van der Waals surface area (Å²) in [4.78, 5) is 21.1. The van der Waals surface area contributed by atoms with E-state index in [-0.39, 0.29) is 16.8 Å². The third-order valence-corrected chi connectivity index (χ3v) is 5.84. The lowest BCUT2D eigenvalue weighted by molar-refractivity contribution is -0.120. The first-order valence-electron chi connectivity index (χ1n) is 8.78. The van der Waals surface area contributed by atoms with Gasteiger partial charge in [-0.2, -0.15) is 0 Å². The van der Waals surface area contributed by atoms with E-state index in [0.717, 1.165) is 18.9 Å². The second kappa shape index (κ2) is 8.44. The Balaban J connectivity index is 1.58. The van der Waals surface area contributed by atoms with E-state index in [1.807, 2.05) is 19.1 Å². The largest absolute Gasteiger partial charge is 0.354 e. The molecular formula is C18H22ClN5O3S. The molecule has 0 bridgehead atoms. The number of piperazine rings is 1. The number of carbonyl (C=O) groups excluding carboxylic acids is 1. The van der Waals surface area contributed by atoms with Crippen molar-refractivity contribution in [2.24, 2.45) is 5.14 Å². The van der Waals surface area contributed by atoms with Crippen LogP contribution in [0, 0.1) is 0 Å². The summed E-state index contributed by atoms with van der Waals surface area (Å²) in [6, 6.07) is 9.23. The highest BCUT2D eigenvalue weighted by Gasteiger charge is 2.26. The summed E-state index contributed by atoms with van der Waals surface area (Å²) in [5.41, 5.74) is 0.396. The molecule has 150 valence electrons. The van der Waals surface area contributed by atoms with Crippen molar-refractivity contribution in [3.8, 4) is 0 Å². The van der Waals surface area contributed by atoms with Crippen LogP contribution in [-0.2, 0) is 14.8 Å². The first-order chi connectivity index (χ1) is 13.2. The van der Waals surface area contributed by atoms with Gasteiger partial charge in [-0.1, -0.05) is 17.7 Å². The molecular weight excluding hydrogens is 402 g/mol. The van der Waals surface area contributed by atoms with Gasteiger partial charge in [0.05, 0.1) is 16.0 Å². The number of nitrogens with two attached hydrogens (primary N) is 1. The number of nitrogens with zero attached hydrogens (tertiary/aromatic N) is 3. The Morgan fingerprint density at radius 2 is 1.93 bits per heavy atom. The van der Waals surface area contributed by atoms with Crippen LogP contribution in [0.1, 0.15) is 6.92 Å². The molecule has 1 saturated heterocycles. The van der Waals surface area contributed by atoms with Gasteiger partial charge >= 0.3 is 0 Å². The number of anilines is 2. The average Bonchev–Trinajstić information content (AvgIpc) is 2.68. The molecule has 3 N–H and O–H groups in total. The molecule has 28 heavy (non-hydrogen) atoms. The van der Waals surface area contributed by atoms with E-state index in [2.05, 4.69) is 20.1 Å². The van der Waals surface area contributed by atoms with Gasteiger partial charge in [0.1, 0.15) is 5.82 Å². The minimum absolute atomic E-state index is 0.0398. The Bertz CT molecular complexity index is 944. The van der Waals surface area contributed by atoms with Gasteiger partial charge in [-0.3, -0.25) is 9.69 Å². The lowest BCUT2D eigenvalue weighted by Crippen LogP contribution is -2.53. The summed E-state index contributed by atoms with van der Waals surface area (Å²) in [7, 11) is -3.82. The summed E-state index contributed by atoms with van der Waals surface area (Å²) in [6.07, 6.45) is 1.62. The van der Waals surface area contributed by atoms with Gasteiger partial charge in [-0.25, -0.2) is 18.5 Å². The van der Waals surface area contributed by atoms with Crippen molar-refractivity contribution < 1.29 is 13.2 Å². The number of benzene rings is 1. The van der Waals surface area contributed by atoms with E-state index >= 15 is 0 Å². The van der Waals surface area contributed by atoms with E-state index < -0.39 is 10.0 Å². The Kier molecular flexibility index (Phi) is 6.19. The molecule has 1 aromatic carbocycles. The molecule has 0 aliphatic carbocycles. The maximum absolute atomic E-state index is 12.6. The third-order valence-electron chi connectivity index (χ3n) is 4.71. The molecule has 0 radical (unpaired) electrons. The zero-order valence-corrected chi connectivity index (χ0v) is 16.9. The topological polar surface area (TPSA) is 109 Å². The quantitative estimate of drug-likeness (QED) is 0.754. The predicted molar refractivity (Wildman–Crippen MR) is 109 cm³/mol. The van der Waals surface area contributed by atoms with Crippen LogP contribution in [-0.4, -0.2) is 56.4 Å². The third kappa shape index (κ3) is 4.99. The zero-order valence-electron chi connectivity index (χ0n) is 15.4. The number of hydrogen-bond acceptors (Lipinski definition) is 6. The lowest BCUT2D eigenvalue weighted by atomic mass is 10.2. The van der Waals surface area contributed by atoms with Crippen LogP contribution in [0.2, 0.25) is 5.02 Å². The summed E-state index contributed by atoms with van der Waals surface area (Å²) in [5, 5.41) is 8.49. The van der Waals surface area contributed by atoms with E-state index in [9.17, 15) is 13.2 Å². The van der Waals surface area contributed by atoms with Gasteiger partial charge in [-0.05, 0) is 37.3 Å². The van der Waals surface area contributed by atoms with Gasteiger partial charge in [-0.15, -0.1) is 0 Å². The van der Waals surface area contributed by atoms with Gasteiger partial charge < -0.3 is 10.2 Å². The number of hydrogen-bond donors (Lipinski definition) is 2. The smallest absolute Gasteiger partial charge is 0.241 e. The molecule has 0 saturated carbocycles. The Morgan fingerprint density at radius 3 is 2.54 bits per heavy atom. The van der Waals surface area contributed by atoms with Crippen LogP contribution in [0.15, 0.2) is 47.5 Å². The number of sulfonamides is 1. The summed E-state index contributed by atoms with van der Waals surface area (Å²) in [5.74, 6) is 0.658. The van der Waals surface area contributed by atoms with E-state index in [1.54, 1.807) is 12.3 Å². The number of primary sulfonamides is 1. The molecule has 1 aromatic heterocycles. The molecule has 2 heterocycles. The fraction of sp³-hybridized carbons (Fsp3) is 0.333. The standard InChI is InChI=1S/C18H22ClN5O3S/c1-13(18(25)22-15-3-2-4-16(11-15)28(20,26)27)23-7-9-24(10-8-23)17-6-5-14(19)12-21-17/h2-6,11-13H,7-10H2,1H3,(H,22,25)(H2,20,26,27). The first kappa shape index (κ1) is 20.5. The number of nitrogens with one attached hydrogen (secondary N) is 1. The van der Waals surface area contributed by atoms with Crippen molar-refractivity contribution in [3.63, 3.8) is 0 Å². The molecule has 2 aromatic rings. The van der Waals surface area contributed by atoms with Crippen LogP contribution in [0.3, 0.4) is 0 Å². The summed E-state index contributed by atoms with van der Waals surface area (Å²) in [6.45, 7) is 4.72. The maximum atomic E-state index is 12.6. The number of halogens is 1. The van der Waals surface area contributed by atoms with Crippen molar-refractivity contribution in [3.05, 3.63) is 47.6 Å². The number of aromatic nitrogens is 1. The number of pyridine rings is 1. The molecule has 8 nitrogen and oxygen atoms in total. The highest BCUT2D eigenvalue weighted by atomic mass is 35.5. The van der Waals surface area contributed by atoms with Gasteiger partial charge in [0.25, 0.3) is 0 Å². The minimum Gasteiger partial charge on any atom is -0.354 e. The monoisotopic (exact) mass is 423 g/mol. The van der Waals surface area contributed by atoms with Crippen LogP contribution in [0.5, 0.6) is 0 Å². The molecule has 1 amide bonds.